The molecule has 0 amide bonds. The summed E-state index contributed by atoms with van der Waals surface area (Å²) in [6.45, 7) is 0.740. The first kappa shape index (κ1) is 31.3. The molecule has 4 aliphatic rings. The highest BCUT2D eigenvalue weighted by molar-refractivity contribution is 6.00. The van der Waals surface area contributed by atoms with E-state index in [-0.39, 0.29) is 0 Å². The second-order valence-corrected chi connectivity index (χ2v) is 16.3. The molecule has 1 nitrogen and oxygen atoms in total. The van der Waals surface area contributed by atoms with Crippen molar-refractivity contribution in [3.05, 3.63) is 238 Å². The van der Waals surface area contributed by atoms with Crippen LogP contribution in [0.5, 0.6) is 0 Å². The van der Waals surface area contributed by atoms with Crippen molar-refractivity contribution in [2.75, 3.05) is 4.90 Å². The SMILES string of the molecule is c1ccc2c(c1)Cc1cc(N(Cc3cccc4c3-c3ccccc3C43c4ccccc4-c4cc5ccccc5cc43)c3cccc4c3-c3ccccc3C4)ccc1-2. The summed E-state index contributed by atoms with van der Waals surface area (Å²) in [7, 11) is 0. The maximum absolute atomic E-state index is 2.62. The predicted molar refractivity (Wildman–Crippen MR) is 235 cm³/mol. The van der Waals surface area contributed by atoms with Crippen LogP contribution in [-0.4, -0.2) is 0 Å². The summed E-state index contributed by atoms with van der Waals surface area (Å²) in [6, 6.07) is 71.4. The first-order valence-corrected chi connectivity index (χ1v) is 20.3. The van der Waals surface area contributed by atoms with Crippen molar-refractivity contribution >= 4 is 22.1 Å². The Balaban J connectivity index is 1.05. The van der Waals surface area contributed by atoms with Crippen LogP contribution >= 0.6 is 0 Å². The molecule has 9 aromatic rings. The van der Waals surface area contributed by atoms with Crippen LogP contribution in [0.3, 0.4) is 0 Å². The van der Waals surface area contributed by atoms with E-state index in [0.717, 1.165) is 19.4 Å². The van der Waals surface area contributed by atoms with Gasteiger partial charge in [0, 0.05) is 23.5 Å². The number of benzene rings is 9. The zero-order valence-electron chi connectivity index (χ0n) is 31.5. The monoisotopic (exact) mass is 723 g/mol. The van der Waals surface area contributed by atoms with Gasteiger partial charge in [-0.15, -0.1) is 0 Å². The average Bonchev–Trinajstić information content (AvgIpc) is 4.00. The Morgan fingerprint density at radius 3 is 1.81 bits per heavy atom. The van der Waals surface area contributed by atoms with Crippen LogP contribution in [0.2, 0.25) is 0 Å². The molecule has 0 saturated carbocycles. The van der Waals surface area contributed by atoms with E-state index in [9.17, 15) is 0 Å². The van der Waals surface area contributed by atoms with Crippen LogP contribution in [0.15, 0.2) is 188 Å². The Hall–Kier alpha value is -6.96. The summed E-state index contributed by atoms with van der Waals surface area (Å²) >= 11 is 0. The summed E-state index contributed by atoms with van der Waals surface area (Å²) in [5, 5.41) is 2.57. The summed E-state index contributed by atoms with van der Waals surface area (Å²) < 4.78 is 0. The largest absolute Gasteiger partial charge is 0.336 e. The molecule has 0 aromatic heterocycles. The van der Waals surface area contributed by atoms with Crippen molar-refractivity contribution in [1.29, 1.82) is 0 Å². The van der Waals surface area contributed by atoms with Crippen LogP contribution in [0.25, 0.3) is 55.3 Å². The van der Waals surface area contributed by atoms with Crippen molar-refractivity contribution in [3.8, 4) is 44.5 Å². The minimum Gasteiger partial charge on any atom is -0.336 e. The van der Waals surface area contributed by atoms with Gasteiger partial charge in [0.1, 0.15) is 0 Å². The van der Waals surface area contributed by atoms with E-state index in [0.29, 0.717) is 0 Å². The van der Waals surface area contributed by atoms with Gasteiger partial charge in [-0.2, -0.15) is 0 Å². The molecule has 0 N–H and O–H groups in total. The average molecular weight is 724 g/mol. The van der Waals surface area contributed by atoms with Gasteiger partial charge >= 0.3 is 0 Å². The molecule has 0 radical (unpaired) electrons. The van der Waals surface area contributed by atoms with Crippen molar-refractivity contribution in [2.45, 2.75) is 24.8 Å². The van der Waals surface area contributed by atoms with Crippen LogP contribution in [-0.2, 0) is 24.8 Å². The van der Waals surface area contributed by atoms with Gasteiger partial charge in [0.25, 0.3) is 0 Å². The third-order valence-electron chi connectivity index (χ3n) is 13.6. The van der Waals surface area contributed by atoms with Gasteiger partial charge in [0.2, 0.25) is 0 Å². The number of fused-ring (bicyclic) bond motifs is 17. The van der Waals surface area contributed by atoms with Crippen molar-refractivity contribution in [1.82, 2.24) is 0 Å². The highest BCUT2D eigenvalue weighted by Gasteiger charge is 2.52. The third kappa shape index (κ3) is 4.18. The van der Waals surface area contributed by atoms with Gasteiger partial charge in [-0.3, -0.25) is 0 Å². The minimum absolute atomic E-state index is 0.408. The molecule has 1 heteroatoms. The molecule has 266 valence electrons. The van der Waals surface area contributed by atoms with E-state index in [2.05, 4.69) is 193 Å². The first-order valence-electron chi connectivity index (χ1n) is 20.3. The smallest absolute Gasteiger partial charge is 0.0725 e. The summed E-state index contributed by atoms with van der Waals surface area (Å²) in [5.41, 5.74) is 25.5. The van der Waals surface area contributed by atoms with Gasteiger partial charge in [0.05, 0.1) is 5.41 Å². The number of hydrogen-bond acceptors (Lipinski definition) is 1. The van der Waals surface area contributed by atoms with Gasteiger partial charge in [-0.05, 0) is 143 Å². The fourth-order valence-corrected chi connectivity index (χ4v) is 11.3. The maximum atomic E-state index is 2.62. The van der Waals surface area contributed by atoms with Crippen LogP contribution in [0.1, 0.15) is 50.1 Å². The van der Waals surface area contributed by atoms with Crippen LogP contribution < -0.4 is 4.90 Å². The second-order valence-electron chi connectivity index (χ2n) is 16.3. The lowest BCUT2D eigenvalue weighted by atomic mass is 9.70. The van der Waals surface area contributed by atoms with Gasteiger partial charge < -0.3 is 4.90 Å². The van der Waals surface area contributed by atoms with Crippen molar-refractivity contribution in [3.63, 3.8) is 0 Å². The number of rotatable bonds is 4. The lowest BCUT2D eigenvalue weighted by Crippen LogP contribution is -2.26. The Kier molecular flexibility index (Phi) is 6.33. The molecule has 4 aliphatic carbocycles. The molecule has 13 rings (SSSR count). The Morgan fingerprint density at radius 2 is 0.965 bits per heavy atom. The van der Waals surface area contributed by atoms with Gasteiger partial charge in [0.15, 0.2) is 0 Å². The molecule has 0 fully saturated rings. The van der Waals surface area contributed by atoms with E-state index in [1.165, 1.54) is 117 Å². The van der Waals surface area contributed by atoms with Crippen molar-refractivity contribution < 1.29 is 0 Å². The van der Waals surface area contributed by atoms with Gasteiger partial charge in [-0.1, -0.05) is 158 Å². The zero-order valence-corrected chi connectivity index (χ0v) is 31.5. The Bertz CT molecular complexity index is 3180. The predicted octanol–water partition coefficient (Wildman–Crippen LogP) is 13.7. The molecule has 0 bridgehead atoms. The summed E-state index contributed by atoms with van der Waals surface area (Å²) in [5.74, 6) is 0. The van der Waals surface area contributed by atoms with Crippen molar-refractivity contribution in [2.24, 2.45) is 0 Å². The normalized spacial score (nSPS) is 15.7. The number of hydrogen-bond donors (Lipinski definition) is 0. The molecule has 1 unspecified atom stereocenters. The Morgan fingerprint density at radius 1 is 0.368 bits per heavy atom. The molecule has 0 saturated heterocycles. The standard InChI is InChI=1S/C56H37N/c1-2-14-36-33-52-48(32-35(36)13-1)46-21-7-9-23-49(46)56(52)50-24-10-8-22-47(50)54-40(18-11-25-51(54)56)34-57(42-27-28-44-41(31-42)30-37-15-3-5-19-43(37)44)53-26-12-17-39-29-38-16-4-6-20-45(38)55(39)53/h1-28,31-33H,29-30,34H2. The second kappa shape index (κ2) is 11.5. The highest BCUT2D eigenvalue weighted by atomic mass is 15.1. The minimum atomic E-state index is -0.408. The molecule has 9 aromatic carbocycles. The molecule has 1 spiro atoms. The highest BCUT2D eigenvalue weighted by Crippen LogP contribution is 2.64. The van der Waals surface area contributed by atoms with E-state index >= 15 is 0 Å². The van der Waals surface area contributed by atoms with E-state index in [1.807, 2.05) is 0 Å². The first-order chi connectivity index (χ1) is 28.3. The maximum Gasteiger partial charge on any atom is 0.0725 e. The summed E-state index contributed by atoms with van der Waals surface area (Å²) in [6.07, 6.45) is 1.93. The van der Waals surface area contributed by atoms with E-state index < -0.39 is 5.41 Å². The van der Waals surface area contributed by atoms with E-state index in [1.54, 1.807) is 0 Å². The van der Waals surface area contributed by atoms with Gasteiger partial charge in [-0.25, -0.2) is 0 Å². The molecule has 57 heavy (non-hydrogen) atoms. The molecular formula is C56H37N. The number of nitrogens with zero attached hydrogens (tertiary/aromatic N) is 1. The molecule has 0 heterocycles. The summed E-state index contributed by atoms with van der Waals surface area (Å²) in [4.78, 5) is 2.62. The Labute approximate surface area is 333 Å². The quantitative estimate of drug-likeness (QED) is 0.175. The van der Waals surface area contributed by atoms with Crippen LogP contribution in [0.4, 0.5) is 11.4 Å². The van der Waals surface area contributed by atoms with E-state index in [4.69, 9.17) is 0 Å². The fourth-order valence-electron chi connectivity index (χ4n) is 11.3. The van der Waals surface area contributed by atoms with Crippen LogP contribution in [0, 0.1) is 0 Å². The zero-order chi connectivity index (χ0) is 37.2. The molecule has 1 atom stereocenters. The molecular weight excluding hydrogens is 687 g/mol. The third-order valence-corrected chi connectivity index (χ3v) is 13.6. The lowest BCUT2D eigenvalue weighted by Gasteiger charge is -2.31. The topological polar surface area (TPSA) is 3.24 Å². The molecule has 0 aliphatic heterocycles. The lowest BCUT2D eigenvalue weighted by molar-refractivity contribution is 0.793. The number of anilines is 2. The fraction of sp³-hybridized carbons (Fsp3) is 0.0714.